The van der Waals surface area contributed by atoms with Crippen molar-refractivity contribution in [2.24, 2.45) is 5.73 Å². The SMILES string of the molecule is COc1cc(Cl)c2c(c1)CC(N1CNC=C1CCN)CO2. The molecule has 1 atom stereocenters. The number of ether oxygens (including phenoxy) is 2. The Bertz CT molecular complexity index is 562. The lowest BCUT2D eigenvalue weighted by Gasteiger charge is -2.35. The normalized spacial score (nSPS) is 20.4. The quantitative estimate of drug-likeness (QED) is 0.886. The number of methoxy groups -OCH3 is 1. The molecule has 5 nitrogen and oxygen atoms in total. The van der Waals surface area contributed by atoms with Gasteiger partial charge in [0.15, 0.2) is 0 Å². The lowest BCUT2D eigenvalue weighted by molar-refractivity contribution is 0.151. The summed E-state index contributed by atoms with van der Waals surface area (Å²) in [7, 11) is 1.64. The van der Waals surface area contributed by atoms with Gasteiger partial charge in [-0.3, -0.25) is 0 Å². The van der Waals surface area contributed by atoms with Crippen LogP contribution in [0.25, 0.3) is 0 Å². The molecule has 0 bridgehead atoms. The van der Waals surface area contributed by atoms with Crippen LogP contribution in [0.15, 0.2) is 24.0 Å². The van der Waals surface area contributed by atoms with Gasteiger partial charge in [-0.2, -0.15) is 0 Å². The number of halogens is 1. The first-order valence-corrected chi connectivity index (χ1v) is 7.49. The molecular weight excluding hydrogens is 290 g/mol. The third-order valence-corrected chi connectivity index (χ3v) is 4.23. The van der Waals surface area contributed by atoms with Crippen LogP contribution in [-0.2, 0) is 6.42 Å². The highest BCUT2D eigenvalue weighted by atomic mass is 35.5. The van der Waals surface area contributed by atoms with E-state index in [0.29, 0.717) is 18.2 Å². The molecule has 0 saturated carbocycles. The number of rotatable bonds is 4. The second kappa shape index (κ2) is 6.03. The van der Waals surface area contributed by atoms with Crippen molar-refractivity contribution in [2.75, 3.05) is 26.9 Å². The van der Waals surface area contributed by atoms with Gasteiger partial charge in [0.1, 0.15) is 18.1 Å². The smallest absolute Gasteiger partial charge is 0.141 e. The van der Waals surface area contributed by atoms with Gasteiger partial charge in [-0.05, 0) is 19.0 Å². The van der Waals surface area contributed by atoms with Crippen molar-refractivity contribution >= 4 is 11.6 Å². The van der Waals surface area contributed by atoms with Gasteiger partial charge in [0.2, 0.25) is 0 Å². The Labute approximate surface area is 129 Å². The minimum atomic E-state index is 0.286. The summed E-state index contributed by atoms with van der Waals surface area (Å²) in [6.45, 7) is 2.08. The predicted molar refractivity (Wildman–Crippen MR) is 82.6 cm³/mol. The standard InChI is InChI=1S/C15H20ClN3O2/c1-20-13-5-10-4-12(8-21-15(10)14(16)6-13)19-9-18-7-11(19)2-3-17/h5-7,12,18H,2-4,8-9,17H2,1H3. The van der Waals surface area contributed by atoms with Crippen LogP contribution in [0, 0.1) is 0 Å². The van der Waals surface area contributed by atoms with E-state index in [4.69, 9.17) is 26.8 Å². The fraction of sp³-hybridized carbons (Fsp3) is 0.467. The maximum Gasteiger partial charge on any atom is 0.141 e. The lowest BCUT2D eigenvalue weighted by Crippen LogP contribution is -2.43. The fourth-order valence-corrected chi connectivity index (χ4v) is 3.20. The number of nitrogens with one attached hydrogen (secondary N) is 1. The molecule has 3 N–H and O–H groups in total. The predicted octanol–water partition coefficient (Wildman–Crippen LogP) is 1.70. The molecule has 1 unspecified atom stereocenters. The van der Waals surface area contributed by atoms with Crippen molar-refractivity contribution in [3.63, 3.8) is 0 Å². The van der Waals surface area contributed by atoms with Gasteiger partial charge in [0.25, 0.3) is 0 Å². The highest BCUT2D eigenvalue weighted by Crippen LogP contribution is 2.38. The average Bonchev–Trinajstić information content (AvgIpc) is 2.95. The number of nitrogens with two attached hydrogens (primary N) is 1. The number of benzene rings is 1. The highest BCUT2D eigenvalue weighted by Gasteiger charge is 2.30. The Morgan fingerprint density at radius 3 is 3.14 bits per heavy atom. The average molecular weight is 310 g/mol. The summed E-state index contributed by atoms with van der Waals surface area (Å²) >= 11 is 6.25. The molecule has 1 aromatic rings. The van der Waals surface area contributed by atoms with Crippen LogP contribution in [0.2, 0.25) is 5.02 Å². The zero-order valence-corrected chi connectivity index (χ0v) is 12.8. The zero-order chi connectivity index (χ0) is 14.8. The van der Waals surface area contributed by atoms with Crippen LogP contribution in [0.4, 0.5) is 0 Å². The summed E-state index contributed by atoms with van der Waals surface area (Å²) in [6.07, 6.45) is 3.80. The van der Waals surface area contributed by atoms with E-state index in [0.717, 1.165) is 36.6 Å². The second-order valence-electron chi connectivity index (χ2n) is 5.27. The zero-order valence-electron chi connectivity index (χ0n) is 12.1. The van der Waals surface area contributed by atoms with Crippen LogP contribution in [0.5, 0.6) is 11.5 Å². The summed E-state index contributed by atoms with van der Waals surface area (Å²) in [5, 5.41) is 3.88. The Hall–Kier alpha value is -1.59. The van der Waals surface area contributed by atoms with Gasteiger partial charge in [0.05, 0.1) is 24.8 Å². The monoisotopic (exact) mass is 309 g/mol. The number of nitrogens with zero attached hydrogens (tertiary/aromatic N) is 1. The molecule has 1 aromatic carbocycles. The first-order valence-electron chi connectivity index (χ1n) is 7.11. The topological polar surface area (TPSA) is 59.8 Å². The Kier molecular flexibility index (Phi) is 4.12. The molecule has 2 aliphatic rings. The number of fused-ring (bicyclic) bond motifs is 1. The van der Waals surface area contributed by atoms with Crippen LogP contribution in [0.1, 0.15) is 12.0 Å². The molecule has 0 aliphatic carbocycles. The van der Waals surface area contributed by atoms with Crippen molar-refractivity contribution in [1.82, 2.24) is 10.2 Å². The maximum atomic E-state index is 6.25. The number of hydrogen-bond acceptors (Lipinski definition) is 5. The summed E-state index contributed by atoms with van der Waals surface area (Å²) in [6, 6.07) is 4.08. The minimum absolute atomic E-state index is 0.286. The molecule has 3 rings (SSSR count). The number of hydrogen-bond donors (Lipinski definition) is 2. The van der Waals surface area contributed by atoms with E-state index in [1.807, 2.05) is 12.3 Å². The van der Waals surface area contributed by atoms with Crippen LogP contribution >= 0.6 is 11.6 Å². The fourth-order valence-electron chi connectivity index (χ4n) is 2.92. The van der Waals surface area contributed by atoms with E-state index in [1.54, 1.807) is 13.2 Å². The van der Waals surface area contributed by atoms with Gasteiger partial charge in [-0.25, -0.2) is 0 Å². The van der Waals surface area contributed by atoms with Crippen molar-refractivity contribution in [2.45, 2.75) is 18.9 Å². The van der Waals surface area contributed by atoms with Crippen molar-refractivity contribution in [3.8, 4) is 11.5 Å². The molecule has 6 heteroatoms. The van der Waals surface area contributed by atoms with Gasteiger partial charge < -0.3 is 25.4 Å². The molecule has 0 radical (unpaired) electrons. The van der Waals surface area contributed by atoms with Gasteiger partial charge in [-0.1, -0.05) is 11.6 Å². The van der Waals surface area contributed by atoms with E-state index < -0.39 is 0 Å². The van der Waals surface area contributed by atoms with Crippen LogP contribution in [0.3, 0.4) is 0 Å². The molecule has 0 fully saturated rings. The van der Waals surface area contributed by atoms with E-state index in [2.05, 4.69) is 10.2 Å². The summed E-state index contributed by atoms with van der Waals surface area (Å²) < 4.78 is 11.2. The van der Waals surface area contributed by atoms with E-state index in [1.165, 1.54) is 5.70 Å². The second-order valence-corrected chi connectivity index (χ2v) is 5.68. The van der Waals surface area contributed by atoms with Gasteiger partial charge in [-0.15, -0.1) is 0 Å². The minimum Gasteiger partial charge on any atom is -0.497 e. The van der Waals surface area contributed by atoms with Crippen LogP contribution < -0.4 is 20.5 Å². The molecule has 0 saturated heterocycles. The highest BCUT2D eigenvalue weighted by molar-refractivity contribution is 6.32. The molecule has 0 spiro atoms. The molecule has 21 heavy (non-hydrogen) atoms. The van der Waals surface area contributed by atoms with Crippen molar-refractivity contribution < 1.29 is 9.47 Å². The van der Waals surface area contributed by atoms with E-state index >= 15 is 0 Å². The first kappa shape index (κ1) is 14.4. The Morgan fingerprint density at radius 2 is 2.38 bits per heavy atom. The largest absolute Gasteiger partial charge is 0.497 e. The van der Waals surface area contributed by atoms with Gasteiger partial charge in [0, 0.05) is 29.9 Å². The molecule has 2 aliphatic heterocycles. The van der Waals surface area contributed by atoms with Crippen molar-refractivity contribution in [3.05, 3.63) is 34.6 Å². The summed E-state index contributed by atoms with van der Waals surface area (Å²) in [4.78, 5) is 2.32. The molecule has 2 heterocycles. The third kappa shape index (κ3) is 2.76. The maximum absolute atomic E-state index is 6.25. The van der Waals surface area contributed by atoms with E-state index in [-0.39, 0.29) is 6.04 Å². The molecule has 114 valence electrons. The first-order chi connectivity index (χ1) is 10.2. The Balaban J connectivity index is 1.81. The van der Waals surface area contributed by atoms with Crippen LogP contribution in [-0.4, -0.2) is 37.9 Å². The third-order valence-electron chi connectivity index (χ3n) is 3.95. The van der Waals surface area contributed by atoms with Gasteiger partial charge >= 0.3 is 0 Å². The molecule has 0 amide bonds. The lowest BCUT2D eigenvalue weighted by atomic mass is 10.0. The molecular formula is C15H20ClN3O2. The summed E-state index contributed by atoms with van der Waals surface area (Å²) in [5.41, 5.74) is 8.01. The molecule has 0 aromatic heterocycles. The Morgan fingerprint density at radius 1 is 1.52 bits per heavy atom. The van der Waals surface area contributed by atoms with Crippen molar-refractivity contribution in [1.29, 1.82) is 0 Å². The summed E-state index contributed by atoms with van der Waals surface area (Å²) in [5.74, 6) is 1.55. The van der Waals surface area contributed by atoms with E-state index in [9.17, 15) is 0 Å².